The van der Waals surface area contributed by atoms with Crippen LogP contribution < -0.4 is 20.1 Å². The van der Waals surface area contributed by atoms with E-state index in [1.807, 2.05) is 18.2 Å². The fourth-order valence-electron chi connectivity index (χ4n) is 5.24. The summed E-state index contributed by atoms with van der Waals surface area (Å²) in [5.74, 6) is 1.28. The van der Waals surface area contributed by atoms with E-state index in [1.54, 1.807) is 25.6 Å². The number of para-hydroxylation sites is 1. The second-order valence-corrected chi connectivity index (χ2v) is 10.8. The molecule has 0 spiro atoms. The number of benzene rings is 1. The highest BCUT2D eigenvalue weighted by molar-refractivity contribution is 6.32. The lowest BCUT2D eigenvalue weighted by Crippen LogP contribution is -2.50. The molecule has 1 aliphatic carbocycles. The number of nitrogens with zero attached hydrogens (tertiary/aromatic N) is 1. The molecule has 0 bridgehead atoms. The quantitative estimate of drug-likeness (QED) is 0.402. The first-order valence-corrected chi connectivity index (χ1v) is 12.6. The van der Waals surface area contributed by atoms with Crippen molar-refractivity contribution in [3.05, 3.63) is 52.9 Å². The molecule has 0 unspecified atom stereocenters. The predicted octanol–water partition coefficient (Wildman–Crippen LogP) is 5.28. The van der Waals surface area contributed by atoms with Crippen LogP contribution in [-0.2, 0) is 4.74 Å². The van der Waals surface area contributed by atoms with Gasteiger partial charge in [-0.2, -0.15) is 0 Å². The Balaban J connectivity index is 1.44. The normalized spacial score (nSPS) is 23.4. The zero-order valence-corrected chi connectivity index (χ0v) is 21.2. The molecule has 3 aliphatic rings. The number of H-pyrrole nitrogens is 1. The van der Waals surface area contributed by atoms with Crippen molar-refractivity contribution in [3.8, 4) is 22.8 Å². The molecule has 1 aromatic carbocycles. The maximum Gasteiger partial charge on any atom is 0.255 e. The lowest BCUT2D eigenvalue weighted by Gasteiger charge is -2.43. The summed E-state index contributed by atoms with van der Waals surface area (Å²) in [6.45, 7) is 5.48. The minimum atomic E-state index is -0.0990. The summed E-state index contributed by atoms with van der Waals surface area (Å²) in [5.41, 5.74) is 4.52. The monoisotopic (exact) mass is 508 g/mol. The summed E-state index contributed by atoms with van der Waals surface area (Å²) in [6.07, 6.45) is 5.44. The molecule has 4 heterocycles. The maximum atomic E-state index is 13.3. The summed E-state index contributed by atoms with van der Waals surface area (Å²) in [5, 5.41) is 7.10. The molecular weight excluding hydrogens is 480 g/mol. The maximum absolute atomic E-state index is 13.3. The number of halogens is 1. The van der Waals surface area contributed by atoms with Crippen molar-refractivity contribution < 1.29 is 19.0 Å². The number of anilines is 2. The Bertz CT molecular complexity index is 1340. The Morgan fingerprint density at radius 2 is 2.14 bits per heavy atom. The minimum absolute atomic E-state index is 0.0113. The van der Waals surface area contributed by atoms with Crippen LogP contribution in [0, 0.1) is 5.41 Å². The highest BCUT2D eigenvalue weighted by atomic mass is 35.5. The second kappa shape index (κ2) is 8.71. The van der Waals surface area contributed by atoms with Gasteiger partial charge >= 0.3 is 0 Å². The SMILES string of the molecule is COc1c(Cl)cccc1Nc1c(-c2ccncc2OC[C@H]2OCC2(C)C)[nH]c2c1C(=O)N[C@@H]1CC[C@H]21. The number of nitrogens with one attached hydrogen (secondary N) is 3. The zero-order chi connectivity index (χ0) is 25.0. The Labute approximate surface area is 214 Å². The van der Waals surface area contributed by atoms with Gasteiger partial charge in [-0.1, -0.05) is 31.5 Å². The first-order chi connectivity index (χ1) is 17.4. The van der Waals surface area contributed by atoms with Crippen LogP contribution in [0.25, 0.3) is 11.3 Å². The average molecular weight is 509 g/mol. The summed E-state index contributed by atoms with van der Waals surface area (Å²) in [6, 6.07) is 7.55. The van der Waals surface area contributed by atoms with Crippen LogP contribution in [0.3, 0.4) is 0 Å². The van der Waals surface area contributed by atoms with Gasteiger partial charge in [0.2, 0.25) is 0 Å². The standard InChI is InChI=1S/C27H29ClN4O4/c1-27(2)13-36-20(27)12-35-19-11-29-10-9-15(19)23-24(30-18-6-4-5-16(28)25(18)34-3)21-22(32-23)14-7-8-17(14)31-26(21)33/h4-6,9-11,14,17,20,30,32H,7-8,12-13H2,1-3H3,(H,31,33)/t14-,17+,20+/m0/s1. The lowest BCUT2D eigenvalue weighted by molar-refractivity contribution is -0.180. The molecule has 6 rings (SSSR count). The third kappa shape index (κ3) is 3.71. The number of carbonyl (C=O) groups is 1. The third-order valence-corrected chi connectivity index (χ3v) is 7.92. The number of aromatic amines is 1. The van der Waals surface area contributed by atoms with E-state index < -0.39 is 0 Å². The van der Waals surface area contributed by atoms with Gasteiger partial charge in [0, 0.05) is 34.8 Å². The van der Waals surface area contributed by atoms with E-state index in [-0.39, 0.29) is 29.4 Å². The molecule has 1 amide bonds. The Morgan fingerprint density at radius 1 is 1.28 bits per heavy atom. The highest BCUT2D eigenvalue weighted by Gasteiger charge is 2.44. The Kier molecular flexibility index (Phi) is 5.61. The molecule has 2 aliphatic heterocycles. The van der Waals surface area contributed by atoms with E-state index in [0.717, 1.165) is 36.4 Å². The van der Waals surface area contributed by atoms with E-state index in [4.69, 9.17) is 25.8 Å². The van der Waals surface area contributed by atoms with E-state index >= 15 is 0 Å². The Hall–Kier alpha value is -3.23. The molecule has 9 heteroatoms. The van der Waals surface area contributed by atoms with Gasteiger partial charge in [0.15, 0.2) is 5.75 Å². The third-order valence-electron chi connectivity index (χ3n) is 7.62. The van der Waals surface area contributed by atoms with Crippen LogP contribution in [0.1, 0.15) is 48.7 Å². The van der Waals surface area contributed by atoms with Gasteiger partial charge in [-0.25, -0.2) is 0 Å². The fraction of sp³-hybridized carbons (Fsp3) is 0.407. The lowest BCUT2D eigenvalue weighted by atomic mass is 9.74. The van der Waals surface area contributed by atoms with Crippen molar-refractivity contribution >= 4 is 28.9 Å². The van der Waals surface area contributed by atoms with Crippen LogP contribution in [0.2, 0.25) is 5.02 Å². The van der Waals surface area contributed by atoms with Crippen molar-refractivity contribution in [2.75, 3.05) is 25.6 Å². The zero-order valence-electron chi connectivity index (χ0n) is 20.5. The fourth-order valence-corrected chi connectivity index (χ4v) is 5.50. The van der Waals surface area contributed by atoms with Crippen molar-refractivity contribution in [2.24, 2.45) is 5.41 Å². The number of hydrogen-bond acceptors (Lipinski definition) is 6. The molecule has 3 N–H and O–H groups in total. The molecule has 8 nitrogen and oxygen atoms in total. The molecule has 188 valence electrons. The molecule has 3 aromatic rings. The minimum Gasteiger partial charge on any atom is -0.493 e. The largest absolute Gasteiger partial charge is 0.493 e. The average Bonchev–Trinajstić information content (AvgIpc) is 3.19. The van der Waals surface area contributed by atoms with E-state index in [1.165, 1.54) is 0 Å². The first-order valence-electron chi connectivity index (χ1n) is 12.2. The smallest absolute Gasteiger partial charge is 0.255 e. The molecule has 1 saturated heterocycles. The summed E-state index contributed by atoms with van der Waals surface area (Å²) in [4.78, 5) is 21.2. The van der Waals surface area contributed by atoms with Crippen LogP contribution in [0.4, 0.5) is 11.4 Å². The highest BCUT2D eigenvalue weighted by Crippen LogP contribution is 2.49. The van der Waals surface area contributed by atoms with E-state index in [2.05, 4.69) is 34.4 Å². The second-order valence-electron chi connectivity index (χ2n) is 10.3. The molecule has 36 heavy (non-hydrogen) atoms. The Morgan fingerprint density at radius 3 is 2.83 bits per heavy atom. The number of amides is 1. The number of aromatic nitrogens is 2. The van der Waals surface area contributed by atoms with Gasteiger partial charge < -0.3 is 29.8 Å². The summed E-state index contributed by atoms with van der Waals surface area (Å²) >= 11 is 6.40. The number of methoxy groups -OCH3 is 1. The van der Waals surface area contributed by atoms with Gasteiger partial charge in [0.25, 0.3) is 5.91 Å². The van der Waals surface area contributed by atoms with Crippen molar-refractivity contribution in [2.45, 2.75) is 44.8 Å². The van der Waals surface area contributed by atoms with Gasteiger partial charge in [0.05, 0.1) is 53.7 Å². The number of fused-ring (bicyclic) bond motifs is 3. The number of ether oxygens (including phenoxy) is 3. The summed E-state index contributed by atoms with van der Waals surface area (Å²) < 4.78 is 17.5. The number of pyridine rings is 1. The van der Waals surface area contributed by atoms with Crippen LogP contribution in [0.15, 0.2) is 36.7 Å². The van der Waals surface area contributed by atoms with E-state index in [0.29, 0.717) is 40.1 Å². The summed E-state index contributed by atoms with van der Waals surface area (Å²) in [7, 11) is 1.57. The van der Waals surface area contributed by atoms with Crippen LogP contribution >= 0.6 is 11.6 Å². The first kappa shape index (κ1) is 23.2. The molecular formula is C27H29ClN4O4. The van der Waals surface area contributed by atoms with Crippen molar-refractivity contribution in [3.63, 3.8) is 0 Å². The van der Waals surface area contributed by atoms with Crippen molar-refractivity contribution in [1.29, 1.82) is 0 Å². The molecule has 3 atom stereocenters. The molecule has 1 saturated carbocycles. The predicted molar refractivity (Wildman–Crippen MR) is 138 cm³/mol. The molecule has 0 radical (unpaired) electrons. The topological polar surface area (TPSA) is 97.5 Å². The number of hydrogen-bond donors (Lipinski definition) is 3. The van der Waals surface area contributed by atoms with Crippen molar-refractivity contribution in [1.82, 2.24) is 15.3 Å². The van der Waals surface area contributed by atoms with E-state index in [9.17, 15) is 4.79 Å². The number of rotatable bonds is 7. The van der Waals surface area contributed by atoms with Gasteiger partial charge in [0.1, 0.15) is 12.4 Å². The molecule has 2 fully saturated rings. The van der Waals surface area contributed by atoms with Gasteiger partial charge in [-0.3, -0.25) is 9.78 Å². The van der Waals surface area contributed by atoms with Crippen LogP contribution in [-0.4, -0.2) is 48.3 Å². The van der Waals surface area contributed by atoms with Gasteiger partial charge in [-0.05, 0) is 31.0 Å². The van der Waals surface area contributed by atoms with Crippen LogP contribution in [0.5, 0.6) is 11.5 Å². The number of carbonyl (C=O) groups excluding carboxylic acids is 1. The molecule has 2 aromatic heterocycles. The van der Waals surface area contributed by atoms with Gasteiger partial charge in [-0.15, -0.1) is 0 Å².